The summed E-state index contributed by atoms with van der Waals surface area (Å²) in [6.07, 6.45) is 1.63. The van der Waals surface area contributed by atoms with Gasteiger partial charge in [0.2, 0.25) is 5.95 Å². The van der Waals surface area contributed by atoms with Crippen molar-refractivity contribution in [2.45, 2.75) is 6.92 Å². The molecule has 12 heavy (non-hydrogen) atoms. The third kappa shape index (κ3) is 1.07. The van der Waals surface area contributed by atoms with Crippen molar-refractivity contribution in [3.63, 3.8) is 0 Å². The summed E-state index contributed by atoms with van der Waals surface area (Å²) < 4.78 is 0. The quantitative estimate of drug-likeness (QED) is 0.622. The third-order valence-corrected chi connectivity index (χ3v) is 1.60. The Morgan fingerprint density at radius 3 is 2.83 bits per heavy atom. The molecular weight excluding hydrogens is 152 g/mol. The summed E-state index contributed by atoms with van der Waals surface area (Å²) in [6.45, 7) is 1.93. The summed E-state index contributed by atoms with van der Waals surface area (Å²) in [7, 11) is 0. The molecule has 2 rings (SSSR count). The number of rotatable bonds is 0. The molecule has 0 aliphatic rings. The van der Waals surface area contributed by atoms with E-state index in [0.29, 0.717) is 0 Å². The highest BCUT2D eigenvalue weighted by molar-refractivity contribution is 5.73. The van der Waals surface area contributed by atoms with E-state index in [0.717, 1.165) is 16.7 Å². The molecule has 0 aliphatic carbocycles. The molecule has 4 heteroatoms. The molecule has 0 aliphatic heterocycles. The van der Waals surface area contributed by atoms with E-state index in [4.69, 9.17) is 5.73 Å². The fraction of sp³-hybridized carbons (Fsp3) is 0.125. The molecule has 0 spiro atoms. The fourth-order valence-electron chi connectivity index (χ4n) is 1.04. The van der Waals surface area contributed by atoms with E-state index in [-0.39, 0.29) is 5.95 Å². The zero-order chi connectivity index (χ0) is 8.55. The first-order valence-electron chi connectivity index (χ1n) is 3.61. The van der Waals surface area contributed by atoms with Gasteiger partial charge in [-0.05, 0) is 19.1 Å². The molecule has 2 heterocycles. The van der Waals surface area contributed by atoms with Crippen molar-refractivity contribution in [2.24, 2.45) is 0 Å². The zero-order valence-electron chi connectivity index (χ0n) is 6.65. The SMILES string of the molecule is Cc1ccc2nc(N)ncc2n1. The van der Waals surface area contributed by atoms with Crippen molar-refractivity contribution in [1.29, 1.82) is 0 Å². The molecule has 4 nitrogen and oxygen atoms in total. The van der Waals surface area contributed by atoms with Crippen LogP contribution in [0, 0.1) is 6.92 Å². The summed E-state index contributed by atoms with van der Waals surface area (Å²) >= 11 is 0. The molecule has 0 bridgehead atoms. The van der Waals surface area contributed by atoms with Crippen LogP contribution in [0.1, 0.15) is 5.69 Å². The Kier molecular flexibility index (Phi) is 1.40. The normalized spacial score (nSPS) is 10.4. The van der Waals surface area contributed by atoms with E-state index in [1.165, 1.54) is 0 Å². The van der Waals surface area contributed by atoms with Gasteiger partial charge in [0.15, 0.2) is 0 Å². The van der Waals surface area contributed by atoms with Crippen LogP contribution in [0.2, 0.25) is 0 Å². The minimum absolute atomic E-state index is 0.285. The Hall–Kier alpha value is -1.71. The van der Waals surface area contributed by atoms with Crippen molar-refractivity contribution in [3.8, 4) is 0 Å². The van der Waals surface area contributed by atoms with E-state index < -0.39 is 0 Å². The molecule has 0 fully saturated rings. The standard InChI is InChI=1S/C8H8N4/c1-5-2-3-6-7(11-5)4-10-8(9)12-6/h2-4H,1H3,(H2,9,10,12). The molecule has 2 N–H and O–H groups in total. The van der Waals surface area contributed by atoms with Crippen LogP contribution in [0.4, 0.5) is 5.95 Å². The number of nitrogens with zero attached hydrogens (tertiary/aromatic N) is 3. The van der Waals surface area contributed by atoms with Crippen molar-refractivity contribution in [1.82, 2.24) is 15.0 Å². The Morgan fingerprint density at radius 1 is 1.17 bits per heavy atom. The molecule has 2 aromatic heterocycles. The lowest BCUT2D eigenvalue weighted by molar-refractivity contribution is 1.18. The van der Waals surface area contributed by atoms with Gasteiger partial charge in [-0.2, -0.15) is 0 Å². The highest BCUT2D eigenvalue weighted by Crippen LogP contribution is 2.08. The minimum atomic E-state index is 0.285. The van der Waals surface area contributed by atoms with Gasteiger partial charge in [0.1, 0.15) is 5.52 Å². The molecule has 0 saturated carbocycles. The zero-order valence-corrected chi connectivity index (χ0v) is 6.65. The van der Waals surface area contributed by atoms with Crippen LogP contribution in [-0.2, 0) is 0 Å². The lowest BCUT2D eigenvalue weighted by Gasteiger charge is -1.97. The van der Waals surface area contributed by atoms with Crippen molar-refractivity contribution in [3.05, 3.63) is 24.0 Å². The van der Waals surface area contributed by atoms with E-state index in [2.05, 4.69) is 15.0 Å². The number of pyridine rings is 1. The van der Waals surface area contributed by atoms with E-state index in [1.54, 1.807) is 6.20 Å². The van der Waals surface area contributed by atoms with E-state index >= 15 is 0 Å². The molecule has 0 amide bonds. The maximum Gasteiger partial charge on any atom is 0.220 e. The average Bonchev–Trinajstić information content (AvgIpc) is 2.05. The van der Waals surface area contributed by atoms with Gasteiger partial charge in [-0.3, -0.25) is 0 Å². The second-order valence-electron chi connectivity index (χ2n) is 2.59. The van der Waals surface area contributed by atoms with Gasteiger partial charge in [0.05, 0.1) is 11.7 Å². The Bertz CT molecular complexity index is 383. The minimum Gasteiger partial charge on any atom is -0.368 e. The molecule has 60 valence electrons. The number of hydrogen-bond acceptors (Lipinski definition) is 4. The lowest BCUT2D eigenvalue weighted by atomic mass is 10.3. The smallest absolute Gasteiger partial charge is 0.220 e. The molecule has 0 unspecified atom stereocenters. The largest absolute Gasteiger partial charge is 0.368 e. The number of nitrogen functional groups attached to an aromatic ring is 1. The summed E-state index contributed by atoms with van der Waals surface area (Å²) in [5, 5.41) is 0. The second-order valence-corrected chi connectivity index (χ2v) is 2.59. The number of nitrogens with two attached hydrogens (primary N) is 1. The van der Waals surface area contributed by atoms with Gasteiger partial charge in [-0.1, -0.05) is 0 Å². The summed E-state index contributed by atoms with van der Waals surface area (Å²) in [5.74, 6) is 0.285. The van der Waals surface area contributed by atoms with Crippen molar-refractivity contribution >= 4 is 17.0 Å². The first kappa shape index (κ1) is 6.97. The first-order chi connectivity index (χ1) is 5.75. The topological polar surface area (TPSA) is 64.7 Å². The monoisotopic (exact) mass is 160 g/mol. The highest BCUT2D eigenvalue weighted by Gasteiger charge is 1.96. The number of hydrogen-bond donors (Lipinski definition) is 1. The number of aromatic nitrogens is 3. The van der Waals surface area contributed by atoms with Crippen LogP contribution >= 0.6 is 0 Å². The highest BCUT2D eigenvalue weighted by atomic mass is 15.0. The maximum atomic E-state index is 5.41. The van der Waals surface area contributed by atoms with Gasteiger partial charge < -0.3 is 5.73 Å². The molecular formula is C8H8N4. The average molecular weight is 160 g/mol. The summed E-state index contributed by atoms with van der Waals surface area (Å²) in [4.78, 5) is 12.1. The van der Waals surface area contributed by atoms with Crippen LogP contribution in [-0.4, -0.2) is 15.0 Å². The fourth-order valence-corrected chi connectivity index (χ4v) is 1.04. The molecule has 0 radical (unpaired) electrons. The predicted octanol–water partition coefficient (Wildman–Crippen LogP) is 0.915. The van der Waals surface area contributed by atoms with Gasteiger partial charge in [0.25, 0.3) is 0 Å². The van der Waals surface area contributed by atoms with Crippen LogP contribution < -0.4 is 5.73 Å². The molecule has 0 atom stereocenters. The van der Waals surface area contributed by atoms with Crippen LogP contribution in [0.25, 0.3) is 11.0 Å². The Balaban J connectivity index is 2.79. The van der Waals surface area contributed by atoms with Gasteiger partial charge in [-0.15, -0.1) is 0 Å². The second kappa shape index (κ2) is 2.41. The summed E-state index contributed by atoms with van der Waals surface area (Å²) in [6, 6.07) is 3.78. The number of aryl methyl sites for hydroxylation is 1. The third-order valence-electron chi connectivity index (χ3n) is 1.60. The molecule has 2 aromatic rings. The van der Waals surface area contributed by atoms with Crippen LogP contribution in [0.15, 0.2) is 18.3 Å². The van der Waals surface area contributed by atoms with Gasteiger partial charge in [0, 0.05) is 5.69 Å². The van der Waals surface area contributed by atoms with Gasteiger partial charge >= 0.3 is 0 Å². The molecule has 0 saturated heterocycles. The number of fused-ring (bicyclic) bond motifs is 1. The van der Waals surface area contributed by atoms with E-state index in [9.17, 15) is 0 Å². The summed E-state index contributed by atoms with van der Waals surface area (Å²) in [5.41, 5.74) is 7.93. The van der Waals surface area contributed by atoms with E-state index in [1.807, 2.05) is 19.1 Å². The Labute approximate surface area is 69.5 Å². The van der Waals surface area contributed by atoms with Crippen molar-refractivity contribution in [2.75, 3.05) is 5.73 Å². The van der Waals surface area contributed by atoms with Crippen molar-refractivity contribution < 1.29 is 0 Å². The first-order valence-corrected chi connectivity index (χ1v) is 3.61. The maximum absolute atomic E-state index is 5.41. The predicted molar refractivity (Wildman–Crippen MR) is 46.5 cm³/mol. The van der Waals surface area contributed by atoms with Crippen LogP contribution in [0.3, 0.4) is 0 Å². The van der Waals surface area contributed by atoms with Gasteiger partial charge in [-0.25, -0.2) is 15.0 Å². The number of anilines is 1. The lowest BCUT2D eigenvalue weighted by Crippen LogP contribution is -1.95. The molecule has 0 aromatic carbocycles. The van der Waals surface area contributed by atoms with Crippen LogP contribution in [0.5, 0.6) is 0 Å². The Morgan fingerprint density at radius 2 is 2.00 bits per heavy atom.